The predicted molar refractivity (Wildman–Crippen MR) is 91.3 cm³/mol. The number of allylic oxidation sites excluding steroid dienone is 7. The van der Waals surface area contributed by atoms with Gasteiger partial charge in [-0.25, -0.2) is 0 Å². The first-order valence-electron chi connectivity index (χ1n) is 6.83. The van der Waals surface area contributed by atoms with Crippen LogP contribution in [0.1, 0.15) is 31.9 Å². The summed E-state index contributed by atoms with van der Waals surface area (Å²) >= 11 is 0. The maximum absolute atomic E-state index is 4.50. The van der Waals surface area contributed by atoms with Crippen molar-refractivity contribution in [2.24, 2.45) is 4.99 Å². The summed E-state index contributed by atoms with van der Waals surface area (Å²) in [6.45, 7) is 10.1. The summed E-state index contributed by atoms with van der Waals surface area (Å²) in [5.41, 5.74) is 5.40. The molecule has 0 fully saturated rings. The monoisotopic (exact) mass is 265 g/mol. The lowest BCUT2D eigenvalue weighted by Gasteiger charge is -2.12. The van der Waals surface area contributed by atoms with Gasteiger partial charge in [-0.15, -0.1) is 0 Å². The molecule has 0 aromatic heterocycles. The van der Waals surface area contributed by atoms with Gasteiger partial charge in [0.25, 0.3) is 0 Å². The van der Waals surface area contributed by atoms with Crippen molar-refractivity contribution in [3.63, 3.8) is 0 Å². The zero-order chi connectivity index (χ0) is 15.0. The highest BCUT2D eigenvalue weighted by atomic mass is 14.7. The van der Waals surface area contributed by atoms with Crippen LogP contribution < -0.4 is 0 Å². The van der Waals surface area contributed by atoms with Gasteiger partial charge >= 0.3 is 0 Å². The fourth-order valence-electron chi connectivity index (χ4n) is 2.06. The van der Waals surface area contributed by atoms with Crippen LogP contribution in [0.5, 0.6) is 0 Å². The quantitative estimate of drug-likeness (QED) is 0.511. The lowest BCUT2D eigenvalue weighted by atomic mass is 9.93. The van der Waals surface area contributed by atoms with Crippen LogP contribution in [-0.4, -0.2) is 12.8 Å². The fourth-order valence-corrected chi connectivity index (χ4v) is 2.06. The Bertz CT molecular complexity index is 584. The molecule has 1 nitrogen and oxygen atoms in total. The minimum Gasteiger partial charge on any atom is -0.287 e. The Balaban J connectivity index is 3.43. The van der Waals surface area contributed by atoms with Crippen LogP contribution in [0.2, 0.25) is 0 Å². The summed E-state index contributed by atoms with van der Waals surface area (Å²) in [5, 5.41) is 0. The van der Waals surface area contributed by atoms with E-state index in [1.165, 1.54) is 0 Å². The largest absolute Gasteiger partial charge is 0.287 e. The molecule has 0 spiro atoms. The van der Waals surface area contributed by atoms with Gasteiger partial charge in [-0.1, -0.05) is 66.8 Å². The van der Waals surface area contributed by atoms with Gasteiger partial charge in [0.1, 0.15) is 0 Å². The zero-order valence-corrected chi connectivity index (χ0v) is 12.9. The molecule has 0 aliphatic heterocycles. The topological polar surface area (TPSA) is 12.4 Å². The summed E-state index contributed by atoms with van der Waals surface area (Å²) in [4.78, 5) is 4.50. The van der Waals surface area contributed by atoms with E-state index in [-0.39, 0.29) is 0 Å². The van der Waals surface area contributed by atoms with E-state index in [1.807, 2.05) is 58.2 Å². The molecule has 0 heterocycles. The van der Waals surface area contributed by atoms with E-state index in [2.05, 4.69) is 35.9 Å². The van der Waals surface area contributed by atoms with Crippen molar-refractivity contribution in [2.45, 2.75) is 20.8 Å². The second-order valence-corrected chi connectivity index (χ2v) is 4.55. The summed E-state index contributed by atoms with van der Waals surface area (Å²) < 4.78 is 0. The van der Waals surface area contributed by atoms with Crippen molar-refractivity contribution < 1.29 is 0 Å². The van der Waals surface area contributed by atoms with E-state index in [9.17, 15) is 0 Å². The highest BCUT2D eigenvalue weighted by Gasteiger charge is 2.11. The van der Waals surface area contributed by atoms with Crippen molar-refractivity contribution in [3.8, 4) is 0 Å². The van der Waals surface area contributed by atoms with Gasteiger partial charge in [-0.2, -0.15) is 0 Å². The van der Waals surface area contributed by atoms with Crippen LogP contribution in [0, 0.1) is 0 Å². The fraction of sp³-hybridized carbons (Fsp3) is 0.211. The molecule has 20 heavy (non-hydrogen) atoms. The highest BCUT2D eigenvalue weighted by Crippen LogP contribution is 2.21. The third-order valence-corrected chi connectivity index (χ3v) is 2.95. The summed E-state index contributed by atoms with van der Waals surface area (Å²) in [6.07, 6.45) is 10.2. The van der Waals surface area contributed by atoms with E-state index < -0.39 is 0 Å². The SMILES string of the molecule is C=C(C)c1ccccc1C(=N\C)/C(/C=C\C)=C/C=C/C. The van der Waals surface area contributed by atoms with E-state index in [4.69, 9.17) is 0 Å². The van der Waals surface area contributed by atoms with E-state index in [0.717, 1.165) is 28.0 Å². The van der Waals surface area contributed by atoms with Crippen molar-refractivity contribution in [2.75, 3.05) is 7.05 Å². The highest BCUT2D eigenvalue weighted by molar-refractivity contribution is 6.16. The first-order chi connectivity index (χ1) is 9.65. The standard InChI is InChI=1S/C19H23N/c1-6-8-12-16(11-7-2)19(20-5)18-14-10-9-13-17(18)15(3)4/h6-14H,3H2,1-2,4-5H3/b8-6+,11-7-,16-12+,20-19-. The molecule has 1 rings (SSSR count). The van der Waals surface area contributed by atoms with Gasteiger partial charge in [0.15, 0.2) is 0 Å². The predicted octanol–water partition coefficient (Wildman–Crippen LogP) is 5.22. The van der Waals surface area contributed by atoms with Crippen molar-refractivity contribution >= 4 is 11.3 Å². The molecule has 0 bridgehead atoms. The first-order valence-corrected chi connectivity index (χ1v) is 6.83. The molecule has 1 heteroatoms. The van der Waals surface area contributed by atoms with Gasteiger partial charge in [0.2, 0.25) is 0 Å². The molecule has 0 saturated heterocycles. The smallest absolute Gasteiger partial charge is 0.0721 e. The Hall–Kier alpha value is -2.15. The third kappa shape index (κ3) is 3.92. The second-order valence-electron chi connectivity index (χ2n) is 4.55. The molecular weight excluding hydrogens is 242 g/mol. The van der Waals surface area contributed by atoms with E-state index >= 15 is 0 Å². The molecule has 1 aromatic rings. The van der Waals surface area contributed by atoms with E-state index in [0.29, 0.717) is 0 Å². The maximum atomic E-state index is 4.50. The lowest BCUT2D eigenvalue weighted by Crippen LogP contribution is -2.06. The van der Waals surface area contributed by atoms with Crippen LogP contribution >= 0.6 is 0 Å². The summed E-state index contributed by atoms with van der Waals surface area (Å²) in [5.74, 6) is 0. The summed E-state index contributed by atoms with van der Waals surface area (Å²) in [6, 6.07) is 8.26. The zero-order valence-electron chi connectivity index (χ0n) is 12.9. The Morgan fingerprint density at radius 3 is 2.25 bits per heavy atom. The first kappa shape index (κ1) is 15.9. The van der Waals surface area contributed by atoms with Gasteiger partial charge in [-0.3, -0.25) is 4.99 Å². The number of benzene rings is 1. The molecule has 1 aromatic carbocycles. The number of nitrogens with zero attached hydrogens (tertiary/aromatic N) is 1. The minimum atomic E-state index is 0.986. The Morgan fingerprint density at radius 1 is 1.10 bits per heavy atom. The molecule has 0 saturated carbocycles. The summed E-state index contributed by atoms with van der Waals surface area (Å²) in [7, 11) is 1.83. The van der Waals surface area contributed by atoms with Gasteiger partial charge in [0.05, 0.1) is 5.71 Å². The normalized spacial score (nSPS) is 13.4. The second kappa shape index (κ2) is 8.11. The molecule has 0 unspecified atom stereocenters. The number of hydrogen-bond acceptors (Lipinski definition) is 1. The molecule has 0 aliphatic carbocycles. The Morgan fingerprint density at radius 2 is 1.75 bits per heavy atom. The molecular formula is C19H23N. The maximum Gasteiger partial charge on any atom is 0.0721 e. The number of hydrogen-bond donors (Lipinski definition) is 0. The van der Waals surface area contributed by atoms with Crippen LogP contribution in [0.4, 0.5) is 0 Å². The molecule has 0 atom stereocenters. The third-order valence-electron chi connectivity index (χ3n) is 2.95. The lowest BCUT2D eigenvalue weighted by molar-refractivity contribution is 1.40. The van der Waals surface area contributed by atoms with Gasteiger partial charge < -0.3 is 0 Å². The van der Waals surface area contributed by atoms with Gasteiger partial charge in [-0.05, 0) is 31.9 Å². The molecule has 0 N–H and O–H groups in total. The molecule has 0 amide bonds. The van der Waals surface area contributed by atoms with Gasteiger partial charge in [0, 0.05) is 12.6 Å². The minimum absolute atomic E-state index is 0.986. The molecule has 104 valence electrons. The average Bonchev–Trinajstić information content (AvgIpc) is 2.45. The van der Waals surface area contributed by atoms with Crippen molar-refractivity contribution in [3.05, 3.63) is 77.9 Å². The number of aliphatic imine (C=N–C) groups is 1. The molecule has 0 radical (unpaired) electrons. The Labute approximate surface area is 122 Å². The van der Waals surface area contributed by atoms with E-state index in [1.54, 1.807) is 0 Å². The average molecular weight is 265 g/mol. The number of rotatable bonds is 5. The Kier molecular flexibility index (Phi) is 6.45. The van der Waals surface area contributed by atoms with Crippen molar-refractivity contribution in [1.29, 1.82) is 0 Å². The van der Waals surface area contributed by atoms with Crippen LogP contribution in [0.15, 0.2) is 71.8 Å². The molecule has 0 aliphatic rings. The van der Waals surface area contributed by atoms with Crippen LogP contribution in [0.25, 0.3) is 5.57 Å². The van der Waals surface area contributed by atoms with Crippen LogP contribution in [-0.2, 0) is 0 Å². The van der Waals surface area contributed by atoms with Crippen molar-refractivity contribution in [1.82, 2.24) is 0 Å². The van der Waals surface area contributed by atoms with Crippen LogP contribution in [0.3, 0.4) is 0 Å².